The Hall–Kier alpha value is -3.45. The number of benzene rings is 2. The molecule has 0 aliphatic carbocycles. The lowest BCUT2D eigenvalue weighted by Crippen LogP contribution is -2.32. The summed E-state index contributed by atoms with van der Waals surface area (Å²) in [5.41, 5.74) is 1.45. The molecule has 6 nitrogen and oxygen atoms in total. The number of carbonyl (C=O) groups is 1. The first-order valence-corrected chi connectivity index (χ1v) is 11.0. The second-order valence-corrected chi connectivity index (χ2v) is 7.91. The van der Waals surface area contributed by atoms with Gasteiger partial charge in [-0.2, -0.15) is 0 Å². The molecule has 0 radical (unpaired) electrons. The zero-order chi connectivity index (χ0) is 21.5. The highest BCUT2D eigenvalue weighted by atomic mass is 32.1. The maximum atomic E-state index is 13.4. The number of thiophene rings is 1. The molecule has 0 N–H and O–H groups in total. The first-order valence-electron chi connectivity index (χ1n) is 10.2. The number of carbonyl (C=O) groups excluding carboxylic acids is 1. The Kier molecular flexibility index (Phi) is 6.74. The average molecular weight is 434 g/mol. The van der Waals surface area contributed by atoms with E-state index in [2.05, 4.69) is 10.2 Å². The molecule has 31 heavy (non-hydrogen) atoms. The van der Waals surface area contributed by atoms with E-state index >= 15 is 0 Å². The molecule has 2 aromatic heterocycles. The third-order valence-corrected chi connectivity index (χ3v) is 5.55. The van der Waals surface area contributed by atoms with Crippen LogP contribution in [0.1, 0.15) is 35.2 Å². The average Bonchev–Trinajstić information content (AvgIpc) is 3.50. The van der Waals surface area contributed by atoms with Crippen LogP contribution in [-0.4, -0.2) is 27.5 Å². The summed E-state index contributed by atoms with van der Waals surface area (Å²) in [5.74, 6) is 1.58. The molecule has 0 saturated heterocycles. The molecule has 7 heteroatoms. The number of rotatable bonds is 9. The molecule has 0 unspecified atom stereocenters. The van der Waals surface area contributed by atoms with Gasteiger partial charge in [0.2, 0.25) is 5.89 Å². The number of aromatic nitrogens is 2. The van der Waals surface area contributed by atoms with E-state index in [1.807, 2.05) is 79.0 Å². The van der Waals surface area contributed by atoms with Crippen molar-refractivity contribution in [2.75, 3.05) is 6.54 Å². The van der Waals surface area contributed by atoms with Crippen molar-refractivity contribution < 1.29 is 13.9 Å². The Morgan fingerprint density at radius 3 is 2.61 bits per heavy atom. The molecular weight excluding hydrogens is 410 g/mol. The summed E-state index contributed by atoms with van der Waals surface area (Å²) in [7, 11) is 0. The molecular formula is C24H23N3O3S. The highest BCUT2D eigenvalue weighted by Gasteiger charge is 2.21. The van der Waals surface area contributed by atoms with Crippen molar-refractivity contribution in [1.29, 1.82) is 0 Å². The van der Waals surface area contributed by atoms with Crippen molar-refractivity contribution in [2.45, 2.75) is 26.5 Å². The lowest BCUT2D eigenvalue weighted by molar-refractivity contribution is 0.0726. The maximum Gasteiger partial charge on any atom is 0.257 e. The van der Waals surface area contributed by atoms with Crippen LogP contribution in [0.15, 0.2) is 76.5 Å². The van der Waals surface area contributed by atoms with E-state index in [1.165, 1.54) is 11.3 Å². The predicted octanol–water partition coefficient (Wildman–Crippen LogP) is 5.43. The summed E-state index contributed by atoms with van der Waals surface area (Å²) in [6.07, 6.45) is 0.820. The summed E-state index contributed by atoms with van der Waals surface area (Å²) in [6.45, 7) is 3.20. The van der Waals surface area contributed by atoms with E-state index in [0.717, 1.165) is 22.6 Å². The van der Waals surface area contributed by atoms with Crippen LogP contribution in [0.3, 0.4) is 0 Å². The summed E-state index contributed by atoms with van der Waals surface area (Å²) < 4.78 is 11.7. The van der Waals surface area contributed by atoms with Crippen LogP contribution in [0.5, 0.6) is 5.75 Å². The van der Waals surface area contributed by atoms with Crippen molar-refractivity contribution in [3.63, 3.8) is 0 Å². The van der Waals surface area contributed by atoms with Gasteiger partial charge in [-0.3, -0.25) is 4.79 Å². The lowest BCUT2D eigenvalue weighted by atomic mass is 10.1. The Morgan fingerprint density at radius 1 is 1.03 bits per heavy atom. The first kappa shape index (κ1) is 20.8. The van der Waals surface area contributed by atoms with Crippen LogP contribution < -0.4 is 4.74 Å². The summed E-state index contributed by atoms with van der Waals surface area (Å²) in [6, 6.07) is 21.0. The minimum atomic E-state index is -0.0787. The topological polar surface area (TPSA) is 68.5 Å². The van der Waals surface area contributed by atoms with E-state index in [4.69, 9.17) is 9.15 Å². The summed E-state index contributed by atoms with van der Waals surface area (Å²) in [5, 5.41) is 10.2. The zero-order valence-corrected chi connectivity index (χ0v) is 18.0. The first-order chi connectivity index (χ1) is 15.2. The maximum absolute atomic E-state index is 13.4. The van der Waals surface area contributed by atoms with E-state index in [0.29, 0.717) is 30.5 Å². The quantitative estimate of drug-likeness (QED) is 0.352. The third-order valence-electron chi connectivity index (χ3n) is 4.69. The normalized spacial score (nSPS) is 10.7. The Morgan fingerprint density at radius 2 is 1.84 bits per heavy atom. The summed E-state index contributed by atoms with van der Waals surface area (Å²) >= 11 is 1.54. The van der Waals surface area contributed by atoms with E-state index in [-0.39, 0.29) is 12.5 Å². The number of para-hydroxylation sites is 1. The van der Waals surface area contributed by atoms with Crippen LogP contribution in [0.25, 0.3) is 10.8 Å². The molecule has 0 spiro atoms. The van der Waals surface area contributed by atoms with Gasteiger partial charge in [0, 0.05) is 17.7 Å². The van der Waals surface area contributed by atoms with Gasteiger partial charge >= 0.3 is 0 Å². The number of nitrogens with zero attached hydrogens (tertiary/aromatic N) is 3. The van der Waals surface area contributed by atoms with Gasteiger partial charge in [-0.25, -0.2) is 0 Å². The smallest absolute Gasteiger partial charge is 0.257 e. The van der Waals surface area contributed by atoms with Crippen molar-refractivity contribution >= 4 is 17.2 Å². The molecule has 4 rings (SSSR count). The predicted molar refractivity (Wildman–Crippen MR) is 120 cm³/mol. The molecule has 0 aliphatic heterocycles. The van der Waals surface area contributed by atoms with Gasteiger partial charge in [0.1, 0.15) is 12.4 Å². The number of ether oxygens (including phenoxy) is 1. The van der Waals surface area contributed by atoms with Crippen LogP contribution in [0, 0.1) is 0 Å². The van der Waals surface area contributed by atoms with Crippen LogP contribution in [0.4, 0.5) is 0 Å². The Labute approximate surface area is 185 Å². The van der Waals surface area contributed by atoms with Crippen LogP contribution >= 0.6 is 11.3 Å². The van der Waals surface area contributed by atoms with Gasteiger partial charge in [0.05, 0.1) is 11.4 Å². The van der Waals surface area contributed by atoms with Crippen LogP contribution in [-0.2, 0) is 13.2 Å². The van der Waals surface area contributed by atoms with E-state index in [9.17, 15) is 4.79 Å². The Balaban J connectivity index is 1.50. The van der Waals surface area contributed by atoms with Gasteiger partial charge in [0.25, 0.3) is 11.8 Å². The second-order valence-electron chi connectivity index (χ2n) is 6.96. The highest BCUT2D eigenvalue weighted by molar-refractivity contribution is 7.13. The molecule has 2 heterocycles. The van der Waals surface area contributed by atoms with Crippen LogP contribution in [0.2, 0.25) is 0 Å². The Bertz CT molecular complexity index is 1110. The summed E-state index contributed by atoms with van der Waals surface area (Å²) in [4.78, 5) is 16.0. The molecule has 0 aliphatic rings. The minimum Gasteiger partial charge on any atom is -0.489 e. The highest BCUT2D eigenvalue weighted by Crippen LogP contribution is 2.24. The van der Waals surface area contributed by atoms with Crippen molar-refractivity contribution in [2.24, 2.45) is 0 Å². The van der Waals surface area contributed by atoms with Crippen molar-refractivity contribution in [3.05, 3.63) is 89.1 Å². The number of hydrogen-bond acceptors (Lipinski definition) is 6. The molecule has 0 fully saturated rings. The van der Waals surface area contributed by atoms with Gasteiger partial charge in [-0.1, -0.05) is 49.4 Å². The molecule has 2 aromatic carbocycles. The molecule has 158 valence electrons. The van der Waals surface area contributed by atoms with E-state index < -0.39 is 0 Å². The molecule has 4 aromatic rings. The largest absolute Gasteiger partial charge is 0.489 e. The fourth-order valence-corrected chi connectivity index (χ4v) is 3.85. The SMILES string of the molecule is CCCN(Cc1nnc(-c2cccs2)o1)C(=O)c1ccccc1COc1ccccc1. The minimum absolute atomic E-state index is 0.0787. The van der Waals surface area contributed by atoms with Crippen molar-refractivity contribution in [3.8, 4) is 16.5 Å². The van der Waals surface area contributed by atoms with E-state index in [1.54, 1.807) is 4.90 Å². The molecule has 1 amide bonds. The third kappa shape index (κ3) is 5.19. The number of amides is 1. The van der Waals surface area contributed by atoms with Gasteiger partial charge < -0.3 is 14.1 Å². The standard InChI is InChI=1S/C24H23N3O3S/c1-2-14-27(16-22-25-26-23(30-22)21-13-8-15-31-21)24(28)20-12-7-6-9-18(20)17-29-19-10-4-3-5-11-19/h3-13,15H,2,14,16-17H2,1H3. The van der Waals surface area contributed by atoms with Gasteiger partial charge in [-0.05, 0) is 36.1 Å². The fourth-order valence-electron chi connectivity index (χ4n) is 3.21. The fraction of sp³-hybridized carbons (Fsp3) is 0.208. The van der Waals surface area contributed by atoms with Gasteiger partial charge in [0.15, 0.2) is 0 Å². The second kappa shape index (κ2) is 10.0. The zero-order valence-electron chi connectivity index (χ0n) is 17.2. The molecule has 0 atom stereocenters. The van der Waals surface area contributed by atoms with Crippen molar-refractivity contribution in [1.82, 2.24) is 15.1 Å². The lowest BCUT2D eigenvalue weighted by Gasteiger charge is -2.22. The molecule has 0 saturated carbocycles. The number of hydrogen-bond donors (Lipinski definition) is 0. The molecule has 0 bridgehead atoms. The van der Waals surface area contributed by atoms with Gasteiger partial charge in [-0.15, -0.1) is 21.5 Å². The monoisotopic (exact) mass is 433 g/mol.